The van der Waals surface area contributed by atoms with E-state index in [0.717, 1.165) is 109 Å². The van der Waals surface area contributed by atoms with Crippen LogP contribution in [0.5, 0.6) is 0 Å². The van der Waals surface area contributed by atoms with Crippen LogP contribution in [-0.2, 0) is 28.6 Å². The summed E-state index contributed by atoms with van der Waals surface area (Å²) in [5, 5.41) is 0. The molecule has 0 rings (SSSR count). The molecule has 58 heavy (non-hydrogen) atoms. The highest BCUT2D eigenvalue weighted by molar-refractivity contribution is 5.71. The molecule has 1 unspecified atom stereocenters. The molecule has 0 aromatic rings. The van der Waals surface area contributed by atoms with Crippen molar-refractivity contribution in [2.24, 2.45) is 0 Å². The minimum atomic E-state index is -0.804. The molecule has 0 bridgehead atoms. The first-order valence-corrected chi connectivity index (χ1v) is 23.3. The summed E-state index contributed by atoms with van der Waals surface area (Å²) in [5.41, 5.74) is 0. The Morgan fingerprint density at radius 1 is 0.345 bits per heavy atom. The number of carbonyl (C=O) groups excluding carboxylic acids is 3. The van der Waals surface area contributed by atoms with E-state index < -0.39 is 6.10 Å². The molecule has 6 nitrogen and oxygen atoms in total. The van der Waals surface area contributed by atoms with Crippen LogP contribution in [-0.4, -0.2) is 37.2 Å². The fourth-order valence-corrected chi connectivity index (χ4v) is 5.84. The second-order valence-electron chi connectivity index (χ2n) is 15.1. The molecular formula is C52H84O6. The lowest BCUT2D eigenvalue weighted by molar-refractivity contribution is -0.167. The van der Waals surface area contributed by atoms with Crippen LogP contribution in [0.4, 0.5) is 0 Å². The van der Waals surface area contributed by atoms with Gasteiger partial charge in [0.2, 0.25) is 0 Å². The van der Waals surface area contributed by atoms with Crippen molar-refractivity contribution in [1.82, 2.24) is 0 Å². The monoisotopic (exact) mass is 805 g/mol. The van der Waals surface area contributed by atoms with E-state index in [4.69, 9.17) is 14.2 Å². The third-order valence-corrected chi connectivity index (χ3v) is 9.42. The van der Waals surface area contributed by atoms with Gasteiger partial charge >= 0.3 is 17.9 Å². The summed E-state index contributed by atoms with van der Waals surface area (Å²) >= 11 is 0. The third kappa shape index (κ3) is 43.5. The maximum absolute atomic E-state index is 12.7. The number of esters is 3. The molecule has 0 heterocycles. The molecule has 6 heteroatoms. The molecule has 1 atom stereocenters. The van der Waals surface area contributed by atoms with Crippen LogP contribution in [0.2, 0.25) is 0 Å². The SMILES string of the molecule is CCC\C=C/C=C\C=C/C=C\C=C/CCCCCCCC(=O)OCC(COC(=O)CCCCCCC/C=C\CCCC)OC(=O)CCCCC/C=C\C=C/CCCC. The van der Waals surface area contributed by atoms with Gasteiger partial charge in [0.1, 0.15) is 13.2 Å². The molecule has 0 N–H and O–H groups in total. The van der Waals surface area contributed by atoms with Gasteiger partial charge < -0.3 is 14.2 Å². The second kappa shape index (κ2) is 46.0. The average Bonchev–Trinajstić information content (AvgIpc) is 3.22. The summed E-state index contributed by atoms with van der Waals surface area (Å²) in [7, 11) is 0. The highest BCUT2D eigenvalue weighted by Crippen LogP contribution is 2.12. The van der Waals surface area contributed by atoms with Crippen molar-refractivity contribution in [3.8, 4) is 0 Å². The van der Waals surface area contributed by atoms with Crippen molar-refractivity contribution in [1.29, 1.82) is 0 Å². The Bertz CT molecular complexity index is 1200. The van der Waals surface area contributed by atoms with Crippen LogP contribution in [0, 0.1) is 0 Å². The minimum absolute atomic E-state index is 0.103. The van der Waals surface area contributed by atoms with Gasteiger partial charge in [-0.05, 0) is 77.0 Å². The fourth-order valence-electron chi connectivity index (χ4n) is 5.84. The van der Waals surface area contributed by atoms with Gasteiger partial charge in [0.15, 0.2) is 6.10 Å². The zero-order chi connectivity index (χ0) is 42.3. The molecule has 0 saturated heterocycles. The Balaban J connectivity index is 4.47. The molecule has 0 fully saturated rings. The summed E-state index contributed by atoms with van der Waals surface area (Å²) in [6, 6.07) is 0. The summed E-state index contributed by atoms with van der Waals surface area (Å²) in [6.45, 7) is 6.38. The van der Waals surface area contributed by atoms with Crippen LogP contribution in [0.3, 0.4) is 0 Å². The van der Waals surface area contributed by atoms with E-state index in [0.29, 0.717) is 12.8 Å². The quantitative estimate of drug-likeness (QED) is 0.0202. The number of rotatable bonds is 40. The normalized spacial score (nSPS) is 12.9. The zero-order valence-corrected chi connectivity index (χ0v) is 37.3. The number of hydrogen-bond acceptors (Lipinski definition) is 6. The third-order valence-electron chi connectivity index (χ3n) is 9.42. The Hall–Kier alpha value is -3.67. The number of allylic oxidation sites excluding steroid dienone is 16. The predicted octanol–water partition coefficient (Wildman–Crippen LogP) is 15.0. The van der Waals surface area contributed by atoms with Crippen molar-refractivity contribution in [2.45, 2.75) is 200 Å². The molecule has 0 aromatic carbocycles. The van der Waals surface area contributed by atoms with Crippen molar-refractivity contribution < 1.29 is 28.6 Å². The highest BCUT2D eigenvalue weighted by Gasteiger charge is 2.19. The van der Waals surface area contributed by atoms with Gasteiger partial charge in [-0.3, -0.25) is 14.4 Å². The first-order chi connectivity index (χ1) is 28.5. The Morgan fingerprint density at radius 2 is 0.672 bits per heavy atom. The molecular weight excluding hydrogens is 721 g/mol. The molecule has 0 aliphatic heterocycles. The van der Waals surface area contributed by atoms with Gasteiger partial charge in [0.05, 0.1) is 0 Å². The number of hydrogen-bond donors (Lipinski definition) is 0. The van der Waals surface area contributed by atoms with Gasteiger partial charge in [0, 0.05) is 19.3 Å². The molecule has 0 aliphatic rings. The predicted molar refractivity (Wildman–Crippen MR) is 247 cm³/mol. The van der Waals surface area contributed by atoms with E-state index in [1.165, 1.54) is 44.9 Å². The molecule has 0 radical (unpaired) electrons. The summed E-state index contributed by atoms with van der Waals surface area (Å²) < 4.78 is 16.7. The van der Waals surface area contributed by atoms with Crippen LogP contribution >= 0.6 is 0 Å². The van der Waals surface area contributed by atoms with Crippen molar-refractivity contribution in [3.63, 3.8) is 0 Å². The molecule has 0 saturated carbocycles. The minimum Gasteiger partial charge on any atom is -0.462 e. The highest BCUT2D eigenvalue weighted by atomic mass is 16.6. The van der Waals surface area contributed by atoms with E-state index in [1.54, 1.807) is 0 Å². The molecule has 0 amide bonds. The van der Waals surface area contributed by atoms with Crippen molar-refractivity contribution in [2.75, 3.05) is 13.2 Å². The zero-order valence-electron chi connectivity index (χ0n) is 37.3. The van der Waals surface area contributed by atoms with Gasteiger partial charge in [-0.15, -0.1) is 0 Å². The van der Waals surface area contributed by atoms with Crippen molar-refractivity contribution >= 4 is 17.9 Å². The number of unbranched alkanes of at least 4 members (excludes halogenated alkanes) is 18. The van der Waals surface area contributed by atoms with E-state index >= 15 is 0 Å². The molecule has 328 valence electrons. The van der Waals surface area contributed by atoms with Crippen molar-refractivity contribution in [3.05, 3.63) is 97.2 Å². The maximum atomic E-state index is 12.7. The van der Waals surface area contributed by atoms with Gasteiger partial charge in [-0.1, -0.05) is 195 Å². The first-order valence-electron chi connectivity index (χ1n) is 23.3. The maximum Gasteiger partial charge on any atom is 0.306 e. The fraction of sp³-hybridized carbons (Fsp3) is 0.635. The van der Waals surface area contributed by atoms with E-state index in [1.807, 2.05) is 36.5 Å². The summed E-state index contributed by atoms with van der Waals surface area (Å²) in [4.78, 5) is 37.7. The number of carbonyl (C=O) groups is 3. The first kappa shape index (κ1) is 54.3. The second-order valence-corrected chi connectivity index (χ2v) is 15.1. The topological polar surface area (TPSA) is 78.9 Å². The smallest absolute Gasteiger partial charge is 0.306 e. The van der Waals surface area contributed by atoms with Crippen LogP contribution in [0.15, 0.2) is 97.2 Å². The Labute approximate surface area is 356 Å². The van der Waals surface area contributed by atoms with Crippen LogP contribution in [0.25, 0.3) is 0 Å². The van der Waals surface area contributed by atoms with Gasteiger partial charge in [-0.25, -0.2) is 0 Å². The average molecular weight is 805 g/mol. The Kier molecular flexibility index (Phi) is 43.1. The largest absolute Gasteiger partial charge is 0.462 e. The molecule has 0 aliphatic carbocycles. The number of ether oxygens (including phenoxy) is 3. The molecule has 0 spiro atoms. The standard InChI is InChI=1S/C52H84O6/c1-4-7-10-13-16-19-22-23-24-25-26-27-28-31-33-36-39-42-45-51(54)57-48-49(58-52(55)46-43-40-37-34-30-21-18-15-12-9-6-3)47-56-50(53)44-41-38-35-32-29-20-17-14-11-8-5-2/h10,13-19,21-27,30,49H,4-9,11-12,20,28-29,31-48H2,1-3H3/b13-10-,17-14-,18-15-,19-16-,23-22-,25-24-,27-26-,30-21-. The molecule has 0 aromatic heterocycles. The van der Waals surface area contributed by atoms with E-state index in [2.05, 4.69) is 81.5 Å². The van der Waals surface area contributed by atoms with Crippen LogP contribution < -0.4 is 0 Å². The van der Waals surface area contributed by atoms with E-state index in [9.17, 15) is 14.4 Å². The van der Waals surface area contributed by atoms with E-state index in [-0.39, 0.29) is 37.5 Å². The lowest BCUT2D eigenvalue weighted by atomic mass is 10.1. The lowest BCUT2D eigenvalue weighted by Gasteiger charge is -2.18. The van der Waals surface area contributed by atoms with Gasteiger partial charge in [0.25, 0.3) is 0 Å². The van der Waals surface area contributed by atoms with Gasteiger partial charge in [-0.2, -0.15) is 0 Å². The Morgan fingerprint density at radius 3 is 1.14 bits per heavy atom. The van der Waals surface area contributed by atoms with Crippen LogP contribution in [0.1, 0.15) is 194 Å². The lowest BCUT2D eigenvalue weighted by Crippen LogP contribution is -2.30. The summed E-state index contributed by atoms with van der Waals surface area (Å²) in [6.07, 6.45) is 59.5. The summed E-state index contributed by atoms with van der Waals surface area (Å²) in [5.74, 6) is -0.976.